The number of hydrogen-bond acceptors (Lipinski definition) is 4. The molecule has 0 radical (unpaired) electrons. The number of hydrogen-bond donors (Lipinski definition) is 0. The molecular formula is C20H16ClFN2O3. The maximum atomic E-state index is 14.2. The molecule has 27 heavy (non-hydrogen) atoms. The molecule has 138 valence electrons. The lowest BCUT2D eigenvalue weighted by Gasteiger charge is -2.17. The number of methoxy groups -OCH3 is 1. The molecular weight excluding hydrogens is 371 g/mol. The number of carbonyl (C=O) groups excluding carboxylic acids is 2. The third-order valence-electron chi connectivity index (χ3n) is 4.25. The van der Waals surface area contributed by atoms with Crippen molar-refractivity contribution in [3.05, 3.63) is 81.5 Å². The predicted octanol–water partition coefficient (Wildman–Crippen LogP) is 3.75. The average Bonchev–Trinajstić information content (AvgIpc) is 2.89. The number of ether oxygens (including phenoxy) is 1. The van der Waals surface area contributed by atoms with Crippen LogP contribution in [0, 0.1) is 5.82 Å². The largest absolute Gasteiger partial charge is 0.465 e. The van der Waals surface area contributed by atoms with Crippen LogP contribution in [0.3, 0.4) is 0 Å². The second-order valence-corrected chi connectivity index (χ2v) is 6.31. The summed E-state index contributed by atoms with van der Waals surface area (Å²) < 4.78 is 19.0. The zero-order valence-electron chi connectivity index (χ0n) is 14.7. The number of aromatic nitrogens is 1. The highest BCUT2D eigenvalue weighted by molar-refractivity contribution is 6.32. The molecule has 3 rings (SSSR count). The Morgan fingerprint density at radius 3 is 2.74 bits per heavy atom. The van der Waals surface area contributed by atoms with E-state index in [-0.39, 0.29) is 28.3 Å². The summed E-state index contributed by atoms with van der Waals surface area (Å²) in [5.41, 5.74) is 1.38. The third-order valence-corrected chi connectivity index (χ3v) is 4.58. The number of halogens is 2. The van der Waals surface area contributed by atoms with E-state index in [0.29, 0.717) is 5.70 Å². The van der Waals surface area contributed by atoms with Crippen LogP contribution in [0.2, 0.25) is 5.02 Å². The normalized spacial score (nSPS) is 15.6. The molecule has 0 spiro atoms. The molecule has 0 saturated carbocycles. The highest BCUT2D eigenvalue weighted by Crippen LogP contribution is 2.34. The van der Waals surface area contributed by atoms with Gasteiger partial charge in [-0.25, -0.2) is 9.18 Å². The van der Waals surface area contributed by atoms with Gasteiger partial charge in [-0.2, -0.15) is 0 Å². The van der Waals surface area contributed by atoms with E-state index in [1.165, 1.54) is 36.3 Å². The molecule has 0 atom stereocenters. The van der Waals surface area contributed by atoms with Crippen LogP contribution < -0.4 is 0 Å². The zero-order valence-corrected chi connectivity index (χ0v) is 15.5. The molecule has 0 unspecified atom stereocenters. The standard InChI is InChI=1S/C20H16ClFN2O3/c1-12-18(20(26)27-2)15(9-14-16(21)6-3-7-17(14)22)19(25)24(12)11-13-5-4-8-23-10-13/h3-10H,11H2,1-2H3/b15-9+. The lowest BCUT2D eigenvalue weighted by molar-refractivity contribution is -0.136. The fourth-order valence-electron chi connectivity index (χ4n) is 2.89. The summed E-state index contributed by atoms with van der Waals surface area (Å²) in [6.07, 6.45) is 4.55. The second kappa shape index (κ2) is 7.72. The molecule has 0 saturated heterocycles. The van der Waals surface area contributed by atoms with Crippen molar-refractivity contribution in [3.8, 4) is 0 Å². The minimum absolute atomic E-state index is 0.0373. The summed E-state index contributed by atoms with van der Waals surface area (Å²) in [6, 6.07) is 7.79. The van der Waals surface area contributed by atoms with Gasteiger partial charge in [-0.05, 0) is 36.8 Å². The number of esters is 1. The number of amides is 1. The van der Waals surface area contributed by atoms with Crippen molar-refractivity contribution in [2.75, 3.05) is 7.11 Å². The Balaban J connectivity index is 2.09. The quantitative estimate of drug-likeness (QED) is 0.593. The monoisotopic (exact) mass is 386 g/mol. The van der Waals surface area contributed by atoms with E-state index in [0.717, 1.165) is 5.56 Å². The number of carbonyl (C=O) groups is 2. The Morgan fingerprint density at radius 2 is 2.11 bits per heavy atom. The van der Waals surface area contributed by atoms with E-state index >= 15 is 0 Å². The molecule has 1 aromatic carbocycles. The van der Waals surface area contributed by atoms with Crippen LogP contribution in [-0.4, -0.2) is 28.9 Å². The molecule has 2 aromatic rings. The summed E-state index contributed by atoms with van der Waals surface area (Å²) in [7, 11) is 1.23. The van der Waals surface area contributed by atoms with Gasteiger partial charge in [0.2, 0.25) is 0 Å². The number of pyridine rings is 1. The summed E-state index contributed by atoms with van der Waals surface area (Å²) in [5, 5.41) is 0.142. The molecule has 0 aliphatic carbocycles. The lowest BCUT2D eigenvalue weighted by Crippen LogP contribution is -2.24. The maximum Gasteiger partial charge on any atom is 0.340 e. The minimum atomic E-state index is -0.673. The van der Waals surface area contributed by atoms with Gasteiger partial charge in [0.25, 0.3) is 5.91 Å². The Hall–Kier alpha value is -2.99. The van der Waals surface area contributed by atoms with E-state index in [1.807, 2.05) is 6.07 Å². The first-order valence-electron chi connectivity index (χ1n) is 8.10. The fraction of sp³-hybridized carbons (Fsp3) is 0.150. The number of allylic oxidation sites excluding steroid dienone is 1. The Bertz CT molecular complexity index is 950. The highest BCUT2D eigenvalue weighted by Gasteiger charge is 2.37. The second-order valence-electron chi connectivity index (χ2n) is 5.90. The molecule has 0 N–H and O–H groups in total. The molecule has 7 heteroatoms. The summed E-state index contributed by atoms with van der Waals surface area (Å²) in [4.78, 5) is 30.8. The topological polar surface area (TPSA) is 59.5 Å². The molecule has 0 fully saturated rings. The molecule has 0 bridgehead atoms. The molecule has 1 aliphatic heterocycles. The van der Waals surface area contributed by atoms with Gasteiger partial charge in [0.05, 0.1) is 29.8 Å². The van der Waals surface area contributed by atoms with Gasteiger partial charge in [0.15, 0.2) is 0 Å². The fourth-order valence-corrected chi connectivity index (χ4v) is 3.10. The van der Waals surface area contributed by atoms with Crippen LogP contribution in [0.15, 0.2) is 59.6 Å². The third kappa shape index (κ3) is 3.61. The van der Waals surface area contributed by atoms with Gasteiger partial charge in [-0.3, -0.25) is 9.78 Å². The van der Waals surface area contributed by atoms with Crippen LogP contribution in [0.1, 0.15) is 18.1 Å². The summed E-state index contributed by atoms with van der Waals surface area (Å²) >= 11 is 6.07. The summed E-state index contributed by atoms with van der Waals surface area (Å²) in [5.74, 6) is -1.69. The van der Waals surface area contributed by atoms with Crippen LogP contribution in [-0.2, 0) is 20.9 Å². The predicted molar refractivity (Wildman–Crippen MR) is 98.9 cm³/mol. The van der Waals surface area contributed by atoms with Gasteiger partial charge in [0.1, 0.15) is 5.82 Å². The van der Waals surface area contributed by atoms with E-state index in [1.54, 1.807) is 25.4 Å². The SMILES string of the molecule is COC(=O)C1=C(C)N(Cc2cccnc2)C(=O)/C1=C/c1c(F)cccc1Cl. The first-order chi connectivity index (χ1) is 12.9. The minimum Gasteiger partial charge on any atom is -0.465 e. The van der Waals surface area contributed by atoms with Crippen LogP contribution in [0.4, 0.5) is 4.39 Å². The number of rotatable bonds is 4. The van der Waals surface area contributed by atoms with Crippen LogP contribution in [0.5, 0.6) is 0 Å². The van der Waals surface area contributed by atoms with E-state index in [9.17, 15) is 14.0 Å². The van der Waals surface area contributed by atoms with E-state index < -0.39 is 17.7 Å². The van der Waals surface area contributed by atoms with Crippen molar-refractivity contribution in [3.63, 3.8) is 0 Å². The number of nitrogens with zero attached hydrogens (tertiary/aromatic N) is 2. The van der Waals surface area contributed by atoms with Gasteiger partial charge < -0.3 is 9.64 Å². The van der Waals surface area contributed by atoms with Crippen molar-refractivity contribution >= 4 is 29.6 Å². The number of benzene rings is 1. The van der Waals surface area contributed by atoms with Crippen LogP contribution in [0.25, 0.3) is 6.08 Å². The first-order valence-corrected chi connectivity index (χ1v) is 8.48. The average molecular weight is 387 g/mol. The van der Waals surface area contributed by atoms with Gasteiger partial charge in [-0.1, -0.05) is 23.7 Å². The van der Waals surface area contributed by atoms with Gasteiger partial charge >= 0.3 is 5.97 Å². The highest BCUT2D eigenvalue weighted by atomic mass is 35.5. The molecule has 2 heterocycles. The van der Waals surface area contributed by atoms with Crippen molar-refractivity contribution < 1.29 is 18.7 Å². The van der Waals surface area contributed by atoms with Crippen molar-refractivity contribution in [2.24, 2.45) is 0 Å². The van der Waals surface area contributed by atoms with Gasteiger partial charge in [0, 0.05) is 23.7 Å². The van der Waals surface area contributed by atoms with Crippen molar-refractivity contribution in [1.82, 2.24) is 9.88 Å². The zero-order chi connectivity index (χ0) is 19.6. The Labute approximate surface area is 160 Å². The van der Waals surface area contributed by atoms with Gasteiger partial charge in [-0.15, -0.1) is 0 Å². The summed E-state index contributed by atoms with van der Waals surface area (Å²) in [6.45, 7) is 1.87. The molecule has 1 aliphatic rings. The lowest BCUT2D eigenvalue weighted by atomic mass is 10.0. The first kappa shape index (κ1) is 18.8. The Morgan fingerprint density at radius 1 is 1.33 bits per heavy atom. The smallest absolute Gasteiger partial charge is 0.340 e. The molecule has 1 amide bonds. The van der Waals surface area contributed by atoms with E-state index in [4.69, 9.17) is 16.3 Å². The van der Waals surface area contributed by atoms with E-state index in [2.05, 4.69) is 4.98 Å². The maximum absolute atomic E-state index is 14.2. The Kier molecular flexibility index (Phi) is 5.37. The van der Waals surface area contributed by atoms with Crippen molar-refractivity contribution in [1.29, 1.82) is 0 Å². The van der Waals surface area contributed by atoms with Crippen LogP contribution >= 0.6 is 11.6 Å². The molecule has 1 aromatic heterocycles. The molecule has 5 nitrogen and oxygen atoms in total. The van der Waals surface area contributed by atoms with Crippen molar-refractivity contribution in [2.45, 2.75) is 13.5 Å².